The molecule has 1 N–H and O–H groups in total. The number of nitrogens with one attached hydrogen (secondary N) is 1. The lowest BCUT2D eigenvalue weighted by Crippen LogP contribution is -2.28. The fourth-order valence-corrected chi connectivity index (χ4v) is 2.83. The Morgan fingerprint density at radius 2 is 1.52 bits per heavy atom. The van der Waals surface area contributed by atoms with Crippen LogP contribution in [0.3, 0.4) is 0 Å². The van der Waals surface area contributed by atoms with E-state index in [1.807, 2.05) is 0 Å². The van der Waals surface area contributed by atoms with Crippen LogP contribution in [0.4, 0.5) is 13.2 Å². The number of ether oxygens (including phenoxy) is 4. The molecule has 0 aliphatic rings. The van der Waals surface area contributed by atoms with Crippen molar-refractivity contribution in [1.29, 1.82) is 0 Å². The molecule has 180 valence electrons. The van der Waals surface area contributed by atoms with E-state index in [9.17, 15) is 22.8 Å². The number of carbonyl (C=O) groups is 2. The molecule has 0 saturated heterocycles. The maximum atomic E-state index is 12.8. The SMILES string of the molecule is CCOc1cc(C(=O)OCC(=O)NCc2cccc(C(F)(F)F)c2)cc(OCC)c1OCC. The summed E-state index contributed by atoms with van der Waals surface area (Å²) < 4.78 is 60.1. The summed E-state index contributed by atoms with van der Waals surface area (Å²) in [4.78, 5) is 24.5. The maximum Gasteiger partial charge on any atom is 0.416 e. The molecule has 0 bridgehead atoms. The molecule has 33 heavy (non-hydrogen) atoms. The number of hydrogen-bond donors (Lipinski definition) is 1. The molecule has 0 heterocycles. The second-order valence-electron chi connectivity index (χ2n) is 6.65. The van der Waals surface area contributed by atoms with Gasteiger partial charge in [-0.15, -0.1) is 0 Å². The number of rotatable bonds is 11. The number of hydrogen-bond acceptors (Lipinski definition) is 6. The Morgan fingerprint density at radius 3 is 2.06 bits per heavy atom. The number of carbonyl (C=O) groups excluding carboxylic acids is 2. The summed E-state index contributed by atoms with van der Waals surface area (Å²) in [5.74, 6) is -0.509. The second-order valence-corrected chi connectivity index (χ2v) is 6.65. The minimum atomic E-state index is -4.48. The number of esters is 1. The van der Waals surface area contributed by atoms with Crippen molar-refractivity contribution in [2.75, 3.05) is 26.4 Å². The van der Waals surface area contributed by atoms with E-state index in [-0.39, 0.29) is 17.7 Å². The molecule has 10 heteroatoms. The predicted octanol–water partition coefficient (Wildman–Crippen LogP) is 4.37. The lowest BCUT2D eigenvalue weighted by molar-refractivity contribution is -0.137. The zero-order valence-electron chi connectivity index (χ0n) is 18.6. The van der Waals surface area contributed by atoms with Crippen molar-refractivity contribution in [3.8, 4) is 17.2 Å². The maximum absolute atomic E-state index is 12.8. The van der Waals surface area contributed by atoms with Crippen molar-refractivity contribution in [1.82, 2.24) is 5.32 Å². The largest absolute Gasteiger partial charge is 0.490 e. The molecule has 0 aromatic heterocycles. The van der Waals surface area contributed by atoms with E-state index in [4.69, 9.17) is 18.9 Å². The molecule has 7 nitrogen and oxygen atoms in total. The van der Waals surface area contributed by atoms with Crippen LogP contribution in [-0.2, 0) is 22.3 Å². The van der Waals surface area contributed by atoms with Crippen LogP contribution in [0.25, 0.3) is 0 Å². The molecular formula is C23H26F3NO6. The highest BCUT2D eigenvalue weighted by atomic mass is 19.4. The zero-order chi connectivity index (χ0) is 24.4. The van der Waals surface area contributed by atoms with Crippen molar-refractivity contribution < 1.29 is 41.7 Å². The summed E-state index contributed by atoms with van der Waals surface area (Å²) in [6.45, 7) is 5.59. The summed E-state index contributed by atoms with van der Waals surface area (Å²) in [5, 5.41) is 2.42. The summed E-state index contributed by atoms with van der Waals surface area (Å²) in [7, 11) is 0. The molecule has 1 amide bonds. The fourth-order valence-electron chi connectivity index (χ4n) is 2.83. The first-order valence-electron chi connectivity index (χ1n) is 10.4. The van der Waals surface area contributed by atoms with E-state index in [0.29, 0.717) is 37.1 Å². The average molecular weight is 469 g/mol. The Bertz CT molecular complexity index is 934. The Hall–Kier alpha value is -3.43. The second kappa shape index (κ2) is 12.0. The van der Waals surface area contributed by atoms with Gasteiger partial charge in [-0.25, -0.2) is 4.79 Å². The Labute approximate surface area is 189 Å². The van der Waals surface area contributed by atoms with E-state index in [1.165, 1.54) is 24.3 Å². The smallest absolute Gasteiger partial charge is 0.416 e. The minimum absolute atomic E-state index is 0.0935. The van der Waals surface area contributed by atoms with Gasteiger partial charge in [0.15, 0.2) is 18.1 Å². The predicted molar refractivity (Wildman–Crippen MR) is 114 cm³/mol. The lowest BCUT2D eigenvalue weighted by atomic mass is 10.1. The van der Waals surface area contributed by atoms with Gasteiger partial charge < -0.3 is 24.3 Å². The topological polar surface area (TPSA) is 83.1 Å². The Morgan fingerprint density at radius 1 is 0.909 bits per heavy atom. The number of benzene rings is 2. The molecule has 2 aromatic rings. The standard InChI is InChI=1S/C23H26F3NO6/c1-4-30-18-11-16(12-19(31-5-2)21(18)32-6-3)22(29)33-14-20(28)27-13-15-8-7-9-17(10-15)23(24,25)26/h7-12H,4-6,13-14H2,1-3H3,(H,27,28). The molecule has 0 aliphatic heterocycles. The first kappa shape index (κ1) is 25.8. The summed E-state index contributed by atoms with van der Waals surface area (Å²) >= 11 is 0. The summed E-state index contributed by atoms with van der Waals surface area (Å²) in [6.07, 6.45) is -4.48. The normalized spacial score (nSPS) is 11.0. The lowest BCUT2D eigenvalue weighted by Gasteiger charge is -2.16. The highest BCUT2D eigenvalue weighted by molar-refractivity contribution is 5.92. The summed E-state index contributed by atoms with van der Waals surface area (Å²) in [5.41, 5.74) is -0.457. The van der Waals surface area contributed by atoms with Crippen molar-refractivity contribution in [2.24, 2.45) is 0 Å². The van der Waals surface area contributed by atoms with Crippen LogP contribution < -0.4 is 19.5 Å². The number of halogens is 3. The quantitative estimate of drug-likeness (QED) is 0.492. The average Bonchev–Trinajstić information content (AvgIpc) is 2.78. The van der Waals surface area contributed by atoms with Crippen LogP contribution in [0.15, 0.2) is 36.4 Å². The van der Waals surface area contributed by atoms with Gasteiger partial charge in [-0.05, 0) is 50.6 Å². The van der Waals surface area contributed by atoms with Gasteiger partial charge in [-0.3, -0.25) is 4.79 Å². The Kier molecular flexibility index (Phi) is 9.38. The van der Waals surface area contributed by atoms with Crippen LogP contribution in [0.5, 0.6) is 17.2 Å². The van der Waals surface area contributed by atoms with E-state index in [2.05, 4.69) is 5.32 Å². The minimum Gasteiger partial charge on any atom is -0.490 e. The molecule has 0 aliphatic carbocycles. The van der Waals surface area contributed by atoms with Crippen molar-refractivity contribution in [3.05, 3.63) is 53.1 Å². The van der Waals surface area contributed by atoms with Gasteiger partial charge in [0.2, 0.25) is 5.75 Å². The first-order chi connectivity index (χ1) is 15.7. The number of alkyl halides is 3. The molecule has 0 saturated carbocycles. The zero-order valence-corrected chi connectivity index (χ0v) is 18.6. The van der Waals surface area contributed by atoms with Gasteiger partial charge in [0.05, 0.1) is 30.9 Å². The number of amides is 1. The molecule has 0 radical (unpaired) electrons. The molecule has 0 fully saturated rings. The Balaban J connectivity index is 2.02. The van der Waals surface area contributed by atoms with E-state index >= 15 is 0 Å². The van der Waals surface area contributed by atoms with Crippen molar-refractivity contribution in [3.63, 3.8) is 0 Å². The van der Waals surface area contributed by atoms with Gasteiger partial charge in [-0.2, -0.15) is 13.2 Å². The van der Waals surface area contributed by atoms with Gasteiger partial charge in [0, 0.05) is 6.54 Å². The molecular weight excluding hydrogens is 443 g/mol. The van der Waals surface area contributed by atoms with Crippen LogP contribution in [0.2, 0.25) is 0 Å². The van der Waals surface area contributed by atoms with Crippen molar-refractivity contribution in [2.45, 2.75) is 33.5 Å². The van der Waals surface area contributed by atoms with Crippen LogP contribution in [0, 0.1) is 0 Å². The van der Waals surface area contributed by atoms with Gasteiger partial charge in [0.25, 0.3) is 5.91 Å². The fraction of sp³-hybridized carbons (Fsp3) is 0.391. The third-order valence-electron chi connectivity index (χ3n) is 4.22. The van der Waals surface area contributed by atoms with Crippen LogP contribution in [0.1, 0.15) is 42.3 Å². The first-order valence-corrected chi connectivity index (χ1v) is 10.4. The highest BCUT2D eigenvalue weighted by Gasteiger charge is 2.30. The summed E-state index contributed by atoms with van der Waals surface area (Å²) in [6, 6.07) is 7.45. The highest BCUT2D eigenvalue weighted by Crippen LogP contribution is 2.39. The molecule has 0 spiro atoms. The van der Waals surface area contributed by atoms with Gasteiger partial charge >= 0.3 is 12.1 Å². The molecule has 0 unspecified atom stereocenters. The molecule has 0 atom stereocenters. The third-order valence-corrected chi connectivity index (χ3v) is 4.22. The van der Waals surface area contributed by atoms with Crippen LogP contribution in [-0.4, -0.2) is 38.3 Å². The van der Waals surface area contributed by atoms with Gasteiger partial charge in [-0.1, -0.05) is 12.1 Å². The third kappa shape index (κ3) is 7.58. The van der Waals surface area contributed by atoms with Crippen LogP contribution >= 0.6 is 0 Å². The molecule has 2 aromatic carbocycles. The van der Waals surface area contributed by atoms with E-state index in [1.54, 1.807) is 20.8 Å². The van der Waals surface area contributed by atoms with E-state index in [0.717, 1.165) is 12.1 Å². The monoisotopic (exact) mass is 469 g/mol. The van der Waals surface area contributed by atoms with Crippen molar-refractivity contribution >= 4 is 11.9 Å². The van der Waals surface area contributed by atoms with E-state index < -0.39 is 30.2 Å². The molecule has 2 rings (SSSR count). The van der Waals surface area contributed by atoms with Gasteiger partial charge in [0.1, 0.15) is 0 Å².